The lowest BCUT2D eigenvalue weighted by Crippen LogP contribution is -2.70. The Balaban J connectivity index is 2.08. The van der Waals surface area contributed by atoms with Crippen molar-refractivity contribution in [2.75, 3.05) is 6.61 Å². The summed E-state index contributed by atoms with van der Waals surface area (Å²) in [6, 6.07) is 0. The monoisotopic (exact) mass is 524 g/mol. The van der Waals surface area contributed by atoms with Crippen molar-refractivity contribution >= 4 is 39.4 Å². The Labute approximate surface area is 203 Å². The molecule has 0 aromatic rings. The van der Waals surface area contributed by atoms with Crippen LogP contribution in [-0.2, 0) is 28.7 Å². The van der Waals surface area contributed by atoms with Crippen molar-refractivity contribution in [3.63, 3.8) is 0 Å². The number of rotatable bonds is 6. The molecule has 0 bridgehead atoms. The third-order valence-corrected chi connectivity index (χ3v) is 10.8. The SMILES string of the molecule is C#CCC[C@@]1(C)C(=O)CC[C@H]2[C@@H]3CC[C@](OC(C)=O)(C(=O)COC(C)=O)[C@@]3(C)C[C@H](O)[C@@]21Br. The van der Waals surface area contributed by atoms with Gasteiger partial charge in [0.2, 0.25) is 5.78 Å². The highest BCUT2D eigenvalue weighted by molar-refractivity contribution is 9.10. The second-order valence-corrected chi connectivity index (χ2v) is 11.6. The fourth-order valence-electron chi connectivity index (χ4n) is 7.14. The average molecular weight is 525 g/mol. The van der Waals surface area contributed by atoms with E-state index < -0.39 is 51.2 Å². The molecule has 0 unspecified atom stereocenters. The Morgan fingerprint density at radius 2 is 1.85 bits per heavy atom. The molecule has 33 heavy (non-hydrogen) atoms. The molecule has 1 N–H and O–H groups in total. The molecular formula is C25H33BrO7. The summed E-state index contributed by atoms with van der Waals surface area (Å²) in [4.78, 5) is 50.0. The largest absolute Gasteiger partial charge is 0.458 e. The van der Waals surface area contributed by atoms with Crippen molar-refractivity contribution < 1.29 is 33.8 Å². The standard InChI is InChI=1S/C25H33BrO7/c1-6-7-11-22(4)19(29)9-8-18-17-10-12-24(33-16(3)28,21(31)14-32-15(2)27)23(17,5)13-20(30)25(18,22)26/h1,17-18,20,30H,7-14H2,2-5H3/t17-,18-,20-,22-,23-,24-,25-/m0/s1. The maximum Gasteiger partial charge on any atom is 0.303 e. The van der Waals surface area contributed by atoms with E-state index in [2.05, 4.69) is 21.9 Å². The number of ketones is 2. The first-order chi connectivity index (χ1) is 15.3. The van der Waals surface area contributed by atoms with Gasteiger partial charge < -0.3 is 14.6 Å². The maximum atomic E-state index is 13.4. The van der Waals surface area contributed by atoms with Gasteiger partial charge in [-0.2, -0.15) is 0 Å². The smallest absolute Gasteiger partial charge is 0.303 e. The molecular weight excluding hydrogens is 492 g/mol. The third kappa shape index (κ3) is 3.67. The number of aliphatic hydroxyl groups is 1. The van der Waals surface area contributed by atoms with Gasteiger partial charge in [-0.05, 0) is 43.9 Å². The normalized spacial score (nSPS) is 42.0. The predicted molar refractivity (Wildman–Crippen MR) is 123 cm³/mol. The number of Topliss-reactive ketones (excluding diaryl/α,β-unsaturated/α-hetero) is 2. The molecule has 0 heterocycles. The van der Waals surface area contributed by atoms with Gasteiger partial charge in [-0.1, -0.05) is 29.8 Å². The second kappa shape index (κ2) is 8.81. The topological polar surface area (TPSA) is 107 Å². The van der Waals surface area contributed by atoms with Crippen molar-refractivity contribution in [3.05, 3.63) is 0 Å². The molecule has 0 amide bonds. The third-order valence-electron chi connectivity index (χ3n) is 8.76. The average Bonchev–Trinajstić information content (AvgIpc) is 3.01. The first kappa shape index (κ1) is 25.9. The first-order valence-electron chi connectivity index (χ1n) is 11.5. The highest BCUT2D eigenvalue weighted by Gasteiger charge is 2.74. The minimum absolute atomic E-state index is 0.0729. The molecule has 0 saturated heterocycles. The summed E-state index contributed by atoms with van der Waals surface area (Å²) in [5, 5.41) is 11.6. The molecule has 3 fully saturated rings. The molecule has 7 nitrogen and oxygen atoms in total. The first-order valence-corrected chi connectivity index (χ1v) is 12.3. The van der Waals surface area contributed by atoms with E-state index in [4.69, 9.17) is 15.9 Å². The van der Waals surface area contributed by atoms with Gasteiger partial charge in [0.05, 0.1) is 10.4 Å². The summed E-state index contributed by atoms with van der Waals surface area (Å²) in [5.74, 6) is 0.781. The van der Waals surface area contributed by atoms with E-state index in [1.54, 1.807) is 0 Å². The zero-order chi connectivity index (χ0) is 24.8. The van der Waals surface area contributed by atoms with Crippen LogP contribution in [0, 0.1) is 35.0 Å². The number of hydrogen-bond donors (Lipinski definition) is 1. The summed E-state index contributed by atoms with van der Waals surface area (Å²) in [7, 11) is 0. The minimum Gasteiger partial charge on any atom is -0.458 e. The van der Waals surface area contributed by atoms with Crippen LogP contribution in [0.5, 0.6) is 0 Å². The maximum absolute atomic E-state index is 13.4. The Hall–Kier alpha value is -1.72. The lowest BCUT2D eigenvalue weighted by atomic mass is 9.46. The summed E-state index contributed by atoms with van der Waals surface area (Å²) >= 11 is 3.87. The lowest BCUT2D eigenvalue weighted by Gasteiger charge is -2.63. The summed E-state index contributed by atoms with van der Waals surface area (Å²) < 4.78 is 9.84. The van der Waals surface area contributed by atoms with Crippen molar-refractivity contribution in [1.29, 1.82) is 0 Å². The zero-order valence-electron chi connectivity index (χ0n) is 19.7. The van der Waals surface area contributed by atoms with Crippen molar-refractivity contribution in [3.8, 4) is 12.3 Å². The van der Waals surface area contributed by atoms with E-state index in [9.17, 15) is 24.3 Å². The van der Waals surface area contributed by atoms with Gasteiger partial charge in [0.1, 0.15) is 5.78 Å². The number of halogens is 1. The Morgan fingerprint density at radius 3 is 2.42 bits per heavy atom. The van der Waals surface area contributed by atoms with Crippen LogP contribution in [0.2, 0.25) is 0 Å². The molecule has 0 spiro atoms. The van der Waals surface area contributed by atoms with Crippen LogP contribution in [0.1, 0.15) is 72.6 Å². The number of hydrogen-bond acceptors (Lipinski definition) is 7. The van der Waals surface area contributed by atoms with E-state index in [-0.39, 0.29) is 30.5 Å². The van der Waals surface area contributed by atoms with Crippen molar-refractivity contribution in [2.24, 2.45) is 22.7 Å². The van der Waals surface area contributed by atoms with Crippen LogP contribution < -0.4 is 0 Å². The molecule has 0 aliphatic heterocycles. The Kier molecular flexibility index (Phi) is 6.91. The number of aliphatic hydroxyl groups excluding tert-OH is 1. The molecule has 182 valence electrons. The summed E-state index contributed by atoms with van der Waals surface area (Å²) in [6.45, 7) is 5.72. The second-order valence-electron chi connectivity index (χ2n) is 10.3. The predicted octanol–water partition coefficient (Wildman–Crippen LogP) is 3.13. The quantitative estimate of drug-likeness (QED) is 0.323. The van der Waals surface area contributed by atoms with E-state index in [0.717, 1.165) is 0 Å². The van der Waals surface area contributed by atoms with E-state index in [1.807, 2.05) is 13.8 Å². The van der Waals surface area contributed by atoms with Gasteiger partial charge in [0.25, 0.3) is 0 Å². The Morgan fingerprint density at radius 1 is 1.18 bits per heavy atom. The van der Waals surface area contributed by atoms with Crippen molar-refractivity contribution in [2.45, 2.75) is 88.7 Å². The minimum atomic E-state index is -1.51. The number of ether oxygens (including phenoxy) is 2. The molecule has 0 aromatic carbocycles. The van der Waals surface area contributed by atoms with E-state index in [0.29, 0.717) is 32.1 Å². The fraction of sp³-hybridized carbons (Fsp3) is 0.760. The van der Waals surface area contributed by atoms with Crippen molar-refractivity contribution in [1.82, 2.24) is 0 Å². The van der Waals surface area contributed by atoms with Gasteiger partial charge in [-0.15, -0.1) is 12.3 Å². The molecule has 0 aromatic heterocycles. The van der Waals surface area contributed by atoms with E-state index >= 15 is 0 Å². The van der Waals surface area contributed by atoms with Gasteiger partial charge in [0.15, 0.2) is 12.2 Å². The number of carbonyl (C=O) groups is 4. The summed E-state index contributed by atoms with van der Waals surface area (Å²) in [6.07, 6.45) is 7.31. The van der Waals surface area contributed by atoms with Crippen LogP contribution in [0.25, 0.3) is 0 Å². The van der Waals surface area contributed by atoms with Crippen LogP contribution in [0.4, 0.5) is 0 Å². The molecule has 7 atom stereocenters. The number of esters is 2. The van der Waals surface area contributed by atoms with Gasteiger partial charge in [-0.3, -0.25) is 19.2 Å². The van der Waals surface area contributed by atoms with Crippen LogP contribution in [0.15, 0.2) is 0 Å². The molecule has 3 saturated carbocycles. The molecule has 8 heteroatoms. The van der Waals surface area contributed by atoms with Gasteiger partial charge >= 0.3 is 11.9 Å². The van der Waals surface area contributed by atoms with Gasteiger partial charge in [0, 0.05) is 37.5 Å². The fourth-order valence-corrected chi connectivity index (χ4v) is 8.27. The molecule has 0 radical (unpaired) electrons. The summed E-state index contributed by atoms with van der Waals surface area (Å²) in [5.41, 5.74) is -3.26. The number of carbonyl (C=O) groups excluding carboxylic acids is 4. The number of fused-ring (bicyclic) bond motifs is 3. The number of alkyl halides is 1. The number of terminal acetylenes is 1. The highest BCUT2D eigenvalue weighted by Crippen LogP contribution is 2.70. The zero-order valence-corrected chi connectivity index (χ0v) is 21.3. The molecule has 3 aliphatic rings. The molecule has 3 aliphatic carbocycles. The van der Waals surface area contributed by atoms with Gasteiger partial charge in [-0.25, -0.2) is 0 Å². The van der Waals surface area contributed by atoms with E-state index in [1.165, 1.54) is 13.8 Å². The van der Waals surface area contributed by atoms with Crippen LogP contribution >= 0.6 is 15.9 Å². The lowest BCUT2D eigenvalue weighted by molar-refractivity contribution is -0.199. The Bertz CT molecular complexity index is 909. The molecule has 3 rings (SSSR count). The van der Waals surface area contributed by atoms with Crippen LogP contribution in [-0.4, -0.2) is 51.2 Å². The van der Waals surface area contributed by atoms with Crippen LogP contribution in [0.3, 0.4) is 0 Å². The highest BCUT2D eigenvalue weighted by atomic mass is 79.9.